The number of carbonyl (C=O) groups excluding carboxylic acids is 2. The number of allylic oxidation sites excluding steroid dienone is 4. The number of ether oxygens (including phenoxy) is 2. The van der Waals surface area contributed by atoms with Crippen LogP contribution in [-0.2, 0) is 32.7 Å². The van der Waals surface area contributed by atoms with Crippen LogP contribution in [0.15, 0.2) is 24.3 Å². The molecule has 0 aromatic carbocycles. The van der Waals surface area contributed by atoms with E-state index in [0.29, 0.717) is 6.42 Å². The molecular weight excluding hydrogens is 605 g/mol. The second-order valence-corrected chi connectivity index (χ2v) is 13.5. The van der Waals surface area contributed by atoms with Crippen LogP contribution in [0.3, 0.4) is 0 Å². The molecule has 270 valence electrons. The Balaban J connectivity index is 4.27. The molecule has 0 aromatic heterocycles. The smallest absolute Gasteiger partial charge is 0.462 e. The minimum absolute atomic E-state index is 0.0521. The van der Waals surface area contributed by atoms with Crippen molar-refractivity contribution in [2.24, 2.45) is 5.73 Å². The molecule has 0 radical (unpaired) electrons. The lowest BCUT2D eigenvalue weighted by Gasteiger charge is -2.19. The summed E-state index contributed by atoms with van der Waals surface area (Å²) < 4.78 is 32.6. The van der Waals surface area contributed by atoms with Gasteiger partial charge < -0.3 is 20.1 Å². The Morgan fingerprint density at radius 3 is 1.72 bits per heavy atom. The van der Waals surface area contributed by atoms with Gasteiger partial charge in [-0.2, -0.15) is 0 Å². The van der Waals surface area contributed by atoms with Crippen LogP contribution in [0.5, 0.6) is 0 Å². The zero-order valence-corrected chi connectivity index (χ0v) is 30.2. The maximum absolute atomic E-state index is 12.5. The van der Waals surface area contributed by atoms with E-state index in [4.69, 9.17) is 24.3 Å². The summed E-state index contributed by atoms with van der Waals surface area (Å²) in [5.74, 6) is -0.845. The molecule has 46 heavy (non-hydrogen) atoms. The maximum Gasteiger partial charge on any atom is 0.472 e. The van der Waals surface area contributed by atoms with E-state index in [1.165, 1.54) is 64.2 Å². The first-order chi connectivity index (χ1) is 22.3. The minimum Gasteiger partial charge on any atom is -0.462 e. The lowest BCUT2D eigenvalue weighted by Crippen LogP contribution is -2.29. The maximum atomic E-state index is 12.5. The summed E-state index contributed by atoms with van der Waals surface area (Å²) in [4.78, 5) is 34.6. The summed E-state index contributed by atoms with van der Waals surface area (Å²) in [6.07, 6.45) is 32.0. The number of phosphoric ester groups is 1. The molecule has 0 aliphatic heterocycles. The van der Waals surface area contributed by atoms with Crippen molar-refractivity contribution in [2.75, 3.05) is 26.4 Å². The molecule has 0 aromatic rings. The molecule has 3 N–H and O–H groups in total. The molecule has 9 nitrogen and oxygen atoms in total. The molecule has 0 aliphatic rings. The Kier molecular flexibility index (Phi) is 32.3. The van der Waals surface area contributed by atoms with E-state index in [-0.39, 0.29) is 38.6 Å². The second kappa shape index (κ2) is 33.4. The first-order valence-corrected chi connectivity index (χ1v) is 19.8. The van der Waals surface area contributed by atoms with Gasteiger partial charge in [-0.25, -0.2) is 4.57 Å². The summed E-state index contributed by atoms with van der Waals surface area (Å²) in [5, 5.41) is 0. The van der Waals surface area contributed by atoms with Crippen molar-refractivity contribution in [1.29, 1.82) is 0 Å². The molecule has 1 unspecified atom stereocenters. The van der Waals surface area contributed by atoms with Crippen LogP contribution >= 0.6 is 7.82 Å². The Hall–Kier alpha value is -1.51. The standard InChI is InChI=1S/C36H68NO8P/c1-3-5-7-9-11-13-15-16-17-19-21-23-25-27-29-36(39)45-34(33-44-46(40,41)43-31-30-37)32-42-35(38)28-26-24-22-20-18-14-12-10-8-6-4-2/h9,11,15-16,34H,3-8,10,12-14,17-33,37H2,1-2H3,(H,40,41)/b11-9+,16-15+/t34-/m1/s1. The van der Waals surface area contributed by atoms with Gasteiger partial charge in [0.05, 0.1) is 13.2 Å². The van der Waals surface area contributed by atoms with Gasteiger partial charge in [0.1, 0.15) is 6.61 Å². The van der Waals surface area contributed by atoms with Crippen LogP contribution in [0.4, 0.5) is 0 Å². The van der Waals surface area contributed by atoms with Crippen molar-refractivity contribution in [3.05, 3.63) is 24.3 Å². The van der Waals surface area contributed by atoms with Crippen molar-refractivity contribution in [3.8, 4) is 0 Å². The molecule has 0 fully saturated rings. The van der Waals surface area contributed by atoms with Gasteiger partial charge in [-0.15, -0.1) is 0 Å². The molecule has 0 spiro atoms. The summed E-state index contributed by atoms with van der Waals surface area (Å²) in [6.45, 7) is 3.65. The van der Waals surface area contributed by atoms with Crippen LogP contribution in [0.2, 0.25) is 0 Å². The number of esters is 2. The zero-order chi connectivity index (χ0) is 34.0. The fourth-order valence-electron chi connectivity index (χ4n) is 4.83. The number of carbonyl (C=O) groups is 2. The summed E-state index contributed by atoms with van der Waals surface area (Å²) in [5.41, 5.74) is 5.32. The molecule has 0 heterocycles. The zero-order valence-electron chi connectivity index (χ0n) is 29.3. The van der Waals surface area contributed by atoms with Crippen LogP contribution in [0, 0.1) is 0 Å². The number of nitrogens with two attached hydrogens (primary N) is 1. The van der Waals surface area contributed by atoms with Gasteiger partial charge in [0.25, 0.3) is 0 Å². The predicted molar refractivity (Wildman–Crippen MR) is 187 cm³/mol. The summed E-state index contributed by atoms with van der Waals surface area (Å²) in [7, 11) is -4.37. The molecular formula is C36H68NO8P. The lowest BCUT2D eigenvalue weighted by molar-refractivity contribution is -0.161. The van der Waals surface area contributed by atoms with Gasteiger partial charge in [-0.3, -0.25) is 18.6 Å². The molecule has 0 saturated heterocycles. The van der Waals surface area contributed by atoms with Crippen LogP contribution in [0.25, 0.3) is 0 Å². The average Bonchev–Trinajstić information content (AvgIpc) is 3.04. The highest BCUT2D eigenvalue weighted by atomic mass is 31.2. The van der Waals surface area contributed by atoms with Gasteiger partial charge in [-0.05, 0) is 38.5 Å². The highest BCUT2D eigenvalue weighted by Crippen LogP contribution is 2.43. The average molecular weight is 674 g/mol. The second-order valence-electron chi connectivity index (χ2n) is 12.1. The number of hydrogen-bond donors (Lipinski definition) is 2. The normalized spacial score (nSPS) is 13.7. The highest BCUT2D eigenvalue weighted by molar-refractivity contribution is 7.47. The predicted octanol–water partition coefficient (Wildman–Crippen LogP) is 9.66. The molecule has 0 rings (SSSR count). The van der Waals surface area contributed by atoms with Crippen molar-refractivity contribution in [1.82, 2.24) is 0 Å². The first-order valence-electron chi connectivity index (χ1n) is 18.3. The van der Waals surface area contributed by atoms with Crippen molar-refractivity contribution in [3.63, 3.8) is 0 Å². The fourth-order valence-corrected chi connectivity index (χ4v) is 5.59. The lowest BCUT2D eigenvalue weighted by atomic mass is 10.1. The third-order valence-electron chi connectivity index (χ3n) is 7.59. The third kappa shape index (κ3) is 32.4. The van der Waals surface area contributed by atoms with Crippen LogP contribution < -0.4 is 5.73 Å². The number of unbranched alkanes of at least 4 members (excludes halogenated alkanes) is 17. The van der Waals surface area contributed by atoms with Crippen molar-refractivity contribution < 1.29 is 37.6 Å². The molecule has 10 heteroatoms. The van der Waals surface area contributed by atoms with Crippen molar-refractivity contribution in [2.45, 2.75) is 168 Å². The van der Waals surface area contributed by atoms with E-state index < -0.39 is 26.5 Å². The fraction of sp³-hybridized carbons (Fsp3) is 0.833. The molecule has 0 bridgehead atoms. The molecule has 0 saturated carbocycles. The SMILES string of the molecule is CCCC/C=C/C/C=C/CCCCCCCC(=O)O[C@H](COC(=O)CCCCCCCCCCCCC)COP(=O)(O)OCCN. The third-order valence-corrected chi connectivity index (χ3v) is 8.57. The highest BCUT2D eigenvalue weighted by Gasteiger charge is 2.25. The van der Waals surface area contributed by atoms with Gasteiger partial charge >= 0.3 is 19.8 Å². The van der Waals surface area contributed by atoms with E-state index in [1.54, 1.807) is 0 Å². The summed E-state index contributed by atoms with van der Waals surface area (Å²) in [6, 6.07) is 0. The van der Waals surface area contributed by atoms with E-state index in [1.807, 2.05) is 0 Å². The molecule has 0 aliphatic carbocycles. The van der Waals surface area contributed by atoms with Crippen molar-refractivity contribution >= 4 is 19.8 Å². The van der Waals surface area contributed by atoms with Gasteiger partial charge in [0.2, 0.25) is 0 Å². The Bertz CT molecular complexity index is 820. The van der Waals surface area contributed by atoms with Gasteiger partial charge in [0, 0.05) is 19.4 Å². The topological polar surface area (TPSA) is 134 Å². The number of hydrogen-bond acceptors (Lipinski definition) is 8. The van der Waals surface area contributed by atoms with E-state index >= 15 is 0 Å². The Morgan fingerprint density at radius 2 is 1.15 bits per heavy atom. The van der Waals surface area contributed by atoms with E-state index in [2.05, 4.69) is 38.2 Å². The minimum atomic E-state index is -4.37. The number of rotatable bonds is 34. The first kappa shape index (κ1) is 44.5. The Labute approximate surface area is 281 Å². The monoisotopic (exact) mass is 673 g/mol. The van der Waals surface area contributed by atoms with Crippen LogP contribution in [0.1, 0.15) is 162 Å². The van der Waals surface area contributed by atoms with E-state index in [9.17, 15) is 19.0 Å². The van der Waals surface area contributed by atoms with Gasteiger partial charge in [-0.1, -0.05) is 134 Å². The number of phosphoric acid groups is 1. The quantitative estimate of drug-likeness (QED) is 0.0296. The van der Waals surface area contributed by atoms with Crippen LogP contribution in [-0.4, -0.2) is 49.3 Å². The Morgan fingerprint density at radius 1 is 0.652 bits per heavy atom. The summed E-state index contributed by atoms with van der Waals surface area (Å²) >= 11 is 0. The largest absolute Gasteiger partial charge is 0.472 e. The van der Waals surface area contributed by atoms with Gasteiger partial charge in [0.15, 0.2) is 6.10 Å². The van der Waals surface area contributed by atoms with E-state index in [0.717, 1.165) is 64.2 Å². The molecule has 2 atom stereocenters. The molecule has 0 amide bonds.